The molecule has 3 amide bonds. The van der Waals surface area contributed by atoms with Crippen LogP contribution in [0.3, 0.4) is 0 Å². The topological polar surface area (TPSA) is 66.5 Å². The minimum absolute atomic E-state index is 0.0394. The van der Waals surface area contributed by atoms with Crippen LogP contribution in [-0.2, 0) is 15.7 Å². The third-order valence-electron chi connectivity index (χ3n) is 5.42. The van der Waals surface area contributed by atoms with Crippen LogP contribution in [0, 0.1) is 5.82 Å². The van der Waals surface area contributed by atoms with Crippen molar-refractivity contribution in [3.8, 4) is 0 Å². The van der Waals surface area contributed by atoms with Crippen molar-refractivity contribution in [3.63, 3.8) is 0 Å². The standard InChI is InChI=1S/C23H25FN2O3/c1-5-23(17-10-12-18(24)13-11-17)20(28)26(21(29)25-23)14-19(27)15-6-8-16(9-7-15)22(2,3)4/h6-13H,5,14H2,1-4H3,(H,25,29). The van der Waals surface area contributed by atoms with E-state index in [4.69, 9.17) is 0 Å². The number of imide groups is 1. The lowest BCUT2D eigenvalue weighted by atomic mass is 9.86. The van der Waals surface area contributed by atoms with E-state index in [1.807, 2.05) is 12.1 Å². The Balaban J connectivity index is 1.82. The summed E-state index contributed by atoms with van der Waals surface area (Å²) in [7, 11) is 0. The van der Waals surface area contributed by atoms with Gasteiger partial charge in [-0.05, 0) is 35.1 Å². The molecule has 1 saturated heterocycles. The molecule has 2 aromatic carbocycles. The highest BCUT2D eigenvalue weighted by atomic mass is 19.1. The van der Waals surface area contributed by atoms with E-state index in [2.05, 4.69) is 26.1 Å². The van der Waals surface area contributed by atoms with Gasteiger partial charge in [-0.25, -0.2) is 9.18 Å². The molecule has 1 aliphatic rings. The number of amides is 3. The fraction of sp³-hybridized carbons (Fsp3) is 0.348. The van der Waals surface area contributed by atoms with Crippen LogP contribution in [-0.4, -0.2) is 29.2 Å². The number of benzene rings is 2. The summed E-state index contributed by atoms with van der Waals surface area (Å²) in [5.41, 5.74) is 0.688. The van der Waals surface area contributed by atoms with Crippen molar-refractivity contribution in [1.82, 2.24) is 10.2 Å². The van der Waals surface area contributed by atoms with Crippen LogP contribution in [0.15, 0.2) is 48.5 Å². The maximum absolute atomic E-state index is 13.3. The Kier molecular flexibility index (Phi) is 5.30. The summed E-state index contributed by atoms with van der Waals surface area (Å²) in [6.45, 7) is 7.66. The van der Waals surface area contributed by atoms with Gasteiger partial charge in [-0.15, -0.1) is 0 Å². The number of hydrogen-bond acceptors (Lipinski definition) is 3. The molecule has 152 valence electrons. The molecule has 0 radical (unpaired) electrons. The van der Waals surface area contributed by atoms with Crippen molar-refractivity contribution >= 4 is 17.7 Å². The lowest BCUT2D eigenvalue weighted by molar-refractivity contribution is -0.131. The first-order chi connectivity index (χ1) is 13.6. The molecule has 0 spiro atoms. The molecule has 1 aliphatic heterocycles. The second-order valence-corrected chi connectivity index (χ2v) is 8.34. The molecular weight excluding hydrogens is 371 g/mol. The summed E-state index contributed by atoms with van der Waals surface area (Å²) < 4.78 is 13.3. The highest BCUT2D eigenvalue weighted by Gasteiger charge is 2.51. The van der Waals surface area contributed by atoms with Gasteiger partial charge in [0.25, 0.3) is 5.91 Å². The summed E-state index contributed by atoms with van der Waals surface area (Å²) >= 11 is 0. The van der Waals surface area contributed by atoms with Crippen LogP contribution in [0.4, 0.5) is 9.18 Å². The molecule has 1 fully saturated rings. The number of carbonyl (C=O) groups is 3. The summed E-state index contributed by atoms with van der Waals surface area (Å²) in [6.07, 6.45) is 0.286. The highest BCUT2D eigenvalue weighted by molar-refractivity contribution is 6.11. The Hall–Kier alpha value is -3.02. The number of nitrogens with zero attached hydrogens (tertiary/aromatic N) is 1. The normalized spacial score (nSPS) is 19.4. The van der Waals surface area contributed by atoms with E-state index in [9.17, 15) is 18.8 Å². The lowest BCUT2D eigenvalue weighted by Gasteiger charge is -2.25. The Morgan fingerprint density at radius 3 is 2.14 bits per heavy atom. The molecule has 0 saturated carbocycles. The predicted octanol–water partition coefficient (Wildman–Crippen LogP) is 4.16. The predicted molar refractivity (Wildman–Crippen MR) is 108 cm³/mol. The van der Waals surface area contributed by atoms with Crippen molar-refractivity contribution in [2.24, 2.45) is 0 Å². The van der Waals surface area contributed by atoms with Gasteiger partial charge in [0, 0.05) is 5.56 Å². The van der Waals surface area contributed by atoms with Crippen molar-refractivity contribution in [2.45, 2.75) is 45.1 Å². The molecule has 6 heteroatoms. The zero-order valence-electron chi connectivity index (χ0n) is 17.1. The zero-order valence-corrected chi connectivity index (χ0v) is 17.1. The third kappa shape index (κ3) is 3.79. The average Bonchev–Trinajstić information content (AvgIpc) is 2.93. The summed E-state index contributed by atoms with van der Waals surface area (Å²) in [5.74, 6) is -1.25. The summed E-state index contributed by atoms with van der Waals surface area (Å²) in [4.78, 5) is 39.3. The minimum atomic E-state index is -1.29. The number of nitrogens with one attached hydrogen (secondary N) is 1. The van der Waals surface area contributed by atoms with Gasteiger partial charge in [-0.3, -0.25) is 14.5 Å². The molecule has 2 aromatic rings. The lowest BCUT2D eigenvalue weighted by Crippen LogP contribution is -2.43. The molecule has 1 unspecified atom stereocenters. The van der Waals surface area contributed by atoms with Crippen molar-refractivity contribution < 1.29 is 18.8 Å². The second-order valence-electron chi connectivity index (χ2n) is 8.34. The molecule has 0 aliphatic carbocycles. The fourth-order valence-corrected chi connectivity index (χ4v) is 3.53. The molecular formula is C23H25FN2O3. The third-order valence-corrected chi connectivity index (χ3v) is 5.42. The molecule has 0 aromatic heterocycles. The van der Waals surface area contributed by atoms with Gasteiger partial charge in [-0.1, -0.05) is 64.1 Å². The first-order valence-electron chi connectivity index (χ1n) is 9.62. The van der Waals surface area contributed by atoms with Crippen molar-refractivity contribution in [2.75, 3.05) is 6.54 Å². The van der Waals surface area contributed by atoms with Crippen LogP contribution in [0.1, 0.15) is 55.6 Å². The van der Waals surface area contributed by atoms with Crippen LogP contribution in [0.25, 0.3) is 0 Å². The molecule has 29 heavy (non-hydrogen) atoms. The quantitative estimate of drug-likeness (QED) is 0.610. The second kappa shape index (κ2) is 7.43. The number of carbonyl (C=O) groups excluding carboxylic acids is 3. The number of urea groups is 1. The average molecular weight is 396 g/mol. The largest absolute Gasteiger partial charge is 0.325 e. The first-order valence-corrected chi connectivity index (χ1v) is 9.62. The molecule has 1 atom stereocenters. The molecule has 0 bridgehead atoms. The maximum Gasteiger partial charge on any atom is 0.325 e. The van der Waals surface area contributed by atoms with Crippen molar-refractivity contribution in [3.05, 3.63) is 71.0 Å². The molecule has 1 heterocycles. The van der Waals surface area contributed by atoms with Gasteiger partial charge in [0.1, 0.15) is 11.4 Å². The number of rotatable bonds is 5. The first kappa shape index (κ1) is 20.7. The van der Waals surface area contributed by atoms with Gasteiger partial charge < -0.3 is 5.32 Å². The summed E-state index contributed by atoms with van der Waals surface area (Å²) in [5, 5.41) is 2.70. The molecule has 3 rings (SSSR count). The van der Waals surface area contributed by atoms with E-state index >= 15 is 0 Å². The van der Waals surface area contributed by atoms with Crippen LogP contribution < -0.4 is 5.32 Å². The molecule has 1 N–H and O–H groups in total. The van der Waals surface area contributed by atoms with E-state index in [-0.39, 0.29) is 24.2 Å². The van der Waals surface area contributed by atoms with Gasteiger partial charge in [0.2, 0.25) is 0 Å². The van der Waals surface area contributed by atoms with E-state index in [1.54, 1.807) is 19.1 Å². The van der Waals surface area contributed by atoms with E-state index in [1.165, 1.54) is 24.3 Å². The fourth-order valence-electron chi connectivity index (χ4n) is 3.53. The SMILES string of the molecule is CCC1(c2ccc(F)cc2)NC(=O)N(CC(=O)c2ccc(C(C)(C)C)cc2)C1=O. The monoisotopic (exact) mass is 396 g/mol. The molecule has 5 nitrogen and oxygen atoms in total. The number of hydrogen-bond donors (Lipinski definition) is 1. The van der Waals surface area contributed by atoms with Crippen molar-refractivity contribution in [1.29, 1.82) is 0 Å². The number of ketones is 1. The Morgan fingerprint density at radius 2 is 1.62 bits per heavy atom. The van der Waals surface area contributed by atoms with Crippen LogP contribution in [0.5, 0.6) is 0 Å². The van der Waals surface area contributed by atoms with E-state index in [0.717, 1.165) is 10.5 Å². The Labute approximate surface area is 169 Å². The summed E-state index contributed by atoms with van der Waals surface area (Å²) in [6, 6.07) is 12.0. The minimum Gasteiger partial charge on any atom is -0.319 e. The van der Waals surface area contributed by atoms with E-state index < -0.39 is 23.3 Å². The Bertz CT molecular complexity index is 946. The van der Waals surface area contributed by atoms with Gasteiger partial charge in [0.05, 0.1) is 6.54 Å². The van der Waals surface area contributed by atoms with E-state index in [0.29, 0.717) is 11.1 Å². The highest BCUT2D eigenvalue weighted by Crippen LogP contribution is 2.32. The Morgan fingerprint density at radius 1 is 1.03 bits per heavy atom. The van der Waals surface area contributed by atoms with Gasteiger partial charge >= 0.3 is 6.03 Å². The van der Waals surface area contributed by atoms with Crippen LogP contribution >= 0.6 is 0 Å². The van der Waals surface area contributed by atoms with Crippen LogP contribution in [0.2, 0.25) is 0 Å². The van der Waals surface area contributed by atoms with Gasteiger partial charge in [0.15, 0.2) is 5.78 Å². The smallest absolute Gasteiger partial charge is 0.319 e. The number of Topliss-reactive ketones (excluding diaryl/α,β-unsaturated/α-hetero) is 1. The van der Waals surface area contributed by atoms with Gasteiger partial charge in [-0.2, -0.15) is 0 Å². The zero-order chi connectivity index (χ0) is 21.4. The number of halogens is 1. The maximum atomic E-state index is 13.3.